The molecule has 1 amide bonds. The lowest BCUT2D eigenvalue weighted by atomic mass is 9.97. The third-order valence-electron chi connectivity index (χ3n) is 5.92. The van der Waals surface area contributed by atoms with Crippen molar-refractivity contribution in [2.75, 3.05) is 31.9 Å². The van der Waals surface area contributed by atoms with Gasteiger partial charge in [0.1, 0.15) is 11.6 Å². The number of aromatic nitrogens is 2. The predicted octanol–water partition coefficient (Wildman–Crippen LogP) is 3.40. The summed E-state index contributed by atoms with van der Waals surface area (Å²) in [5.74, 6) is 3.09. The van der Waals surface area contributed by atoms with Crippen molar-refractivity contribution in [3.05, 3.63) is 59.4 Å². The number of fused-ring (bicyclic) bond motifs is 1. The zero-order chi connectivity index (χ0) is 22.6. The Bertz CT molecular complexity index is 1140. The van der Waals surface area contributed by atoms with E-state index in [9.17, 15) is 4.79 Å². The third kappa shape index (κ3) is 5.03. The number of anilines is 1. The van der Waals surface area contributed by atoms with Crippen molar-refractivity contribution < 1.29 is 19.0 Å². The number of hydrogen-bond donors (Lipinski definition) is 1. The zero-order valence-electron chi connectivity index (χ0n) is 18.5. The summed E-state index contributed by atoms with van der Waals surface area (Å²) in [7, 11) is 1.66. The Morgan fingerprint density at radius 3 is 3.03 bits per heavy atom. The second kappa shape index (κ2) is 9.66. The van der Waals surface area contributed by atoms with E-state index >= 15 is 0 Å². The molecule has 172 valence electrons. The summed E-state index contributed by atoms with van der Waals surface area (Å²) in [5.41, 5.74) is 2.10. The Kier molecular flexibility index (Phi) is 6.30. The number of nitrogens with one attached hydrogen (secondary N) is 1. The Morgan fingerprint density at radius 1 is 1.21 bits per heavy atom. The number of piperidine rings is 1. The van der Waals surface area contributed by atoms with Gasteiger partial charge in [0, 0.05) is 37.6 Å². The summed E-state index contributed by atoms with van der Waals surface area (Å²) < 4.78 is 20.6. The minimum Gasteiger partial charge on any atom is -0.497 e. The molecule has 2 aromatic carbocycles. The van der Waals surface area contributed by atoms with Gasteiger partial charge < -0.3 is 24.4 Å². The number of benzene rings is 2. The minimum atomic E-state index is -0.0708. The summed E-state index contributed by atoms with van der Waals surface area (Å²) >= 11 is 1.40. The summed E-state index contributed by atoms with van der Waals surface area (Å²) in [5, 5.41) is 3.95. The van der Waals surface area contributed by atoms with E-state index in [2.05, 4.69) is 14.6 Å². The molecule has 1 unspecified atom stereocenters. The number of carbonyl (C=O) groups is 1. The van der Waals surface area contributed by atoms with Gasteiger partial charge in [0.2, 0.25) is 17.8 Å². The molecule has 3 heterocycles. The van der Waals surface area contributed by atoms with Crippen molar-refractivity contribution >= 4 is 22.6 Å². The van der Waals surface area contributed by atoms with E-state index in [1.54, 1.807) is 7.11 Å². The first-order valence-corrected chi connectivity index (χ1v) is 11.8. The molecule has 33 heavy (non-hydrogen) atoms. The number of methoxy groups -OCH3 is 1. The number of carbonyl (C=O) groups excluding carboxylic acids is 1. The first-order valence-electron chi connectivity index (χ1n) is 11.0. The van der Waals surface area contributed by atoms with Crippen molar-refractivity contribution in [3.63, 3.8) is 0 Å². The molecule has 1 atom stereocenters. The van der Waals surface area contributed by atoms with Gasteiger partial charge in [-0.2, -0.15) is 4.37 Å². The Balaban J connectivity index is 1.17. The molecule has 1 N–H and O–H groups in total. The van der Waals surface area contributed by atoms with Crippen LogP contribution in [0.4, 0.5) is 5.13 Å². The summed E-state index contributed by atoms with van der Waals surface area (Å²) in [6, 6.07) is 13.7. The van der Waals surface area contributed by atoms with Gasteiger partial charge in [-0.25, -0.2) is 4.98 Å². The molecule has 0 aliphatic carbocycles. The smallest absolute Gasteiger partial charge is 0.231 e. The highest BCUT2D eigenvalue weighted by Crippen LogP contribution is 2.32. The van der Waals surface area contributed by atoms with Gasteiger partial charge >= 0.3 is 0 Å². The molecule has 2 aliphatic heterocycles. The van der Waals surface area contributed by atoms with Crippen LogP contribution in [-0.4, -0.2) is 42.3 Å². The average molecular weight is 467 g/mol. The first-order chi connectivity index (χ1) is 16.2. The van der Waals surface area contributed by atoms with Crippen molar-refractivity contribution in [2.24, 2.45) is 5.92 Å². The van der Waals surface area contributed by atoms with Crippen LogP contribution in [0.5, 0.6) is 17.2 Å². The van der Waals surface area contributed by atoms with E-state index in [-0.39, 0.29) is 18.6 Å². The minimum absolute atomic E-state index is 0.0680. The van der Waals surface area contributed by atoms with Gasteiger partial charge in [-0.05, 0) is 48.2 Å². The highest BCUT2D eigenvalue weighted by atomic mass is 32.1. The Morgan fingerprint density at radius 2 is 2.12 bits per heavy atom. The maximum atomic E-state index is 12.9. The van der Waals surface area contributed by atoms with Crippen molar-refractivity contribution in [2.45, 2.75) is 25.8 Å². The Labute approximate surface area is 196 Å². The van der Waals surface area contributed by atoms with Crippen LogP contribution < -0.4 is 24.4 Å². The van der Waals surface area contributed by atoms with Crippen LogP contribution in [0.15, 0.2) is 42.5 Å². The monoisotopic (exact) mass is 466 g/mol. The number of hydrogen-bond acceptors (Lipinski definition) is 8. The standard InChI is InChI=1S/C24H26N4O4S/c1-30-19-6-2-4-16(10-19)12-22-26-24(33-27-22)28-9-3-5-18(14-28)23(29)25-13-17-7-8-20-21(11-17)32-15-31-20/h2,4,6-8,10-11,18H,3,5,9,12-15H2,1H3,(H,25,29). The molecule has 3 aromatic rings. The van der Waals surface area contributed by atoms with Gasteiger partial charge in [0.25, 0.3) is 0 Å². The number of ether oxygens (including phenoxy) is 3. The zero-order valence-corrected chi connectivity index (χ0v) is 19.3. The molecule has 0 saturated carbocycles. The molecule has 5 rings (SSSR count). The highest BCUT2D eigenvalue weighted by molar-refractivity contribution is 7.09. The fourth-order valence-electron chi connectivity index (χ4n) is 4.16. The van der Waals surface area contributed by atoms with Crippen LogP contribution in [0, 0.1) is 5.92 Å². The largest absolute Gasteiger partial charge is 0.497 e. The quantitative estimate of drug-likeness (QED) is 0.571. The predicted molar refractivity (Wildman–Crippen MR) is 125 cm³/mol. The van der Waals surface area contributed by atoms with Crippen LogP contribution in [0.3, 0.4) is 0 Å². The fraction of sp³-hybridized carbons (Fsp3) is 0.375. The average Bonchev–Trinajstić information content (AvgIpc) is 3.52. The van der Waals surface area contributed by atoms with E-state index in [4.69, 9.17) is 19.2 Å². The molecule has 0 spiro atoms. The van der Waals surface area contributed by atoms with E-state index in [1.165, 1.54) is 11.5 Å². The number of amides is 1. The van der Waals surface area contributed by atoms with Gasteiger partial charge in [-0.15, -0.1) is 0 Å². The van der Waals surface area contributed by atoms with Crippen molar-refractivity contribution in [3.8, 4) is 17.2 Å². The van der Waals surface area contributed by atoms with E-state index < -0.39 is 0 Å². The van der Waals surface area contributed by atoms with Crippen molar-refractivity contribution in [1.82, 2.24) is 14.7 Å². The fourth-order valence-corrected chi connectivity index (χ4v) is 4.88. The third-order valence-corrected chi connectivity index (χ3v) is 6.74. The molecule has 1 saturated heterocycles. The Hall–Kier alpha value is -3.33. The molecule has 9 heteroatoms. The van der Waals surface area contributed by atoms with Crippen LogP contribution in [0.1, 0.15) is 29.8 Å². The van der Waals surface area contributed by atoms with Crippen LogP contribution in [0.2, 0.25) is 0 Å². The lowest BCUT2D eigenvalue weighted by molar-refractivity contribution is -0.125. The molecule has 1 aromatic heterocycles. The molecule has 0 radical (unpaired) electrons. The number of nitrogens with zero attached hydrogens (tertiary/aromatic N) is 3. The van der Waals surface area contributed by atoms with E-state index in [0.717, 1.165) is 58.7 Å². The molecule has 0 bridgehead atoms. The maximum Gasteiger partial charge on any atom is 0.231 e. The topological polar surface area (TPSA) is 85.8 Å². The van der Waals surface area contributed by atoms with Crippen LogP contribution in [-0.2, 0) is 17.8 Å². The SMILES string of the molecule is COc1cccc(Cc2nsc(N3CCCC(C(=O)NCc4ccc5c(c4)OCO5)C3)n2)c1. The van der Waals surface area contributed by atoms with Gasteiger partial charge in [-0.3, -0.25) is 4.79 Å². The van der Waals surface area contributed by atoms with Crippen LogP contribution >= 0.6 is 11.5 Å². The van der Waals surface area contributed by atoms with Crippen molar-refractivity contribution in [1.29, 1.82) is 0 Å². The van der Waals surface area contributed by atoms with Gasteiger partial charge in [0.15, 0.2) is 11.5 Å². The lowest BCUT2D eigenvalue weighted by Gasteiger charge is -2.31. The second-order valence-corrected chi connectivity index (χ2v) is 8.94. The lowest BCUT2D eigenvalue weighted by Crippen LogP contribution is -2.43. The van der Waals surface area contributed by atoms with E-state index in [1.807, 2.05) is 42.5 Å². The summed E-state index contributed by atoms with van der Waals surface area (Å²) in [6.07, 6.45) is 2.48. The summed E-state index contributed by atoms with van der Waals surface area (Å²) in [6.45, 7) is 2.26. The van der Waals surface area contributed by atoms with Crippen LogP contribution in [0.25, 0.3) is 0 Å². The molecule has 2 aliphatic rings. The molecular formula is C24H26N4O4S. The number of rotatable bonds is 7. The molecule has 8 nitrogen and oxygen atoms in total. The normalized spacial score (nSPS) is 17.1. The second-order valence-electron chi connectivity index (χ2n) is 8.21. The summed E-state index contributed by atoms with van der Waals surface area (Å²) in [4.78, 5) is 19.8. The van der Waals surface area contributed by atoms with Gasteiger partial charge in [0.05, 0.1) is 13.0 Å². The van der Waals surface area contributed by atoms with Gasteiger partial charge in [-0.1, -0.05) is 18.2 Å². The van der Waals surface area contributed by atoms with E-state index in [0.29, 0.717) is 19.5 Å². The molecule has 1 fully saturated rings. The highest BCUT2D eigenvalue weighted by Gasteiger charge is 2.27. The molecular weight excluding hydrogens is 440 g/mol. The first kappa shape index (κ1) is 21.5. The maximum absolute atomic E-state index is 12.9.